The highest BCUT2D eigenvalue weighted by Crippen LogP contribution is 2.28. The molecule has 0 fully saturated rings. The molecular formula is C18H11F2N9O4. The van der Waals surface area contributed by atoms with Gasteiger partial charge in [-0.1, -0.05) is 5.21 Å². The molecule has 3 N–H and O–H groups in total. The molecule has 0 atom stereocenters. The van der Waals surface area contributed by atoms with Crippen LogP contribution in [0, 0.1) is 21.7 Å². The van der Waals surface area contributed by atoms with E-state index in [9.17, 15) is 23.7 Å². The summed E-state index contributed by atoms with van der Waals surface area (Å²) in [4.78, 5) is 23.1. The van der Waals surface area contributed by atoms with Crippen molar-refractivity contribution in [3.05, 3.63) is 75.5 Å². The summed E-state index contributed by atoms with van der Waals surface area (Å²) in [5, 5.41) is 29.3. The zero-order valence-electron chi connectivity index (χ0n) is 16.2. The first-order valence-corrected chi connectivity index (χ1v) is 8.92. The number of nitrogens with one attached hydrogen (secondary N) is 1. The number of carbonyl (C=O) groups is 1. The summed E-state index contributed by atoms with van der Waals surface area (Å²) >= 11 is 0. The highest BCUT2D eigenvalue weighted by Gasteiger charge is 2.25. The van der Waals surface area contributed by atoms with Gasteiger partial charge < -0.3 is 5.73 Å². The van der Waals surface area contributed by atoms with Crippen LogP contribution in [0.4, 0.5) is 20.3 Å². The van der Waals surface area contributed by atoms with Crippen LogP contribution in [0.2, 0.25) is 0 Å². The Labute approximate surface area is 181 Å². The zero-order valence-corrected chi connectivity index (χ0v) is 16.2. The molecular weight excluding hydrogens is 444 g/mol. The molecule has 0 bridgehead atoms. The van der Waals surface area contributed by atoms with Gasteiger partial charge in [0, 0.05) is 23.3 Å². The number of nitro groups is 1. The average molecular weight is 455 g/mol. The minimum Gasteiger partial charge on any atom is -0.378 e. The number of aromatic nitrogens is 5. The van der Waals surface area contributed by atoms with Gasteiger partial charge in [0.2, 0.25) is 11.6 Å². The van der Waals surface area contributed by atoms with Crippen LogP contribution in [0.5, 0.6) is 0 Å². The number of benzene rings is 2. The molecule has 166 valence electrons. The smallest absolute Gasteiger partial charge is 0.294 e. The van der Waals surface area contributed by atoms with E-state index in [4.69, 9.17) is 5.73 Å². The molecule has 0 saturated carbocycles. The molecule has 0 aliphatic carbocycles. The molecule has 0 aliphatic heterocycles. The Morgan fingerprint density at radius 3 is 2.64 bits per heavy atom. The van der Waals surface area contributed by atoms with Crippen LogP contribution in [0.1, 0.15) is 16.1 Å². The average Bonchev–Trinajstić information content (AvgIpc) is 3.42. The van der Waals surface area contributed by atoms with E-state index in [2.05, 4.69) is 35.8 Å². The number of hydrogen-bond acceptors (Lipinski definition) is 10. The van der Waals surface area contributed by atoms with Crippen LogP contribution >= 0.6 is 0 Å². The second-order valence-corrected chi connectivity index (χ2v) is 6.34. The number of nitrogens with zero attached hydrogens (tertiary/aromatic N) is 7. The number of anilines is 1. The van der Waals surface area contributed by atoms with Crippen molar-refractivity contribution in [2.45, 2.75) is 0 Å². The van der Waals surface area contributed by atoms with Crippen molar-refractivity contribution < 1.29 is 23.1 Å². The minimum atomic E-state index is -0.877. The largest absolute Gasteiger partial charge is 0.378 e. The first kappa shape index (κ1) is 21.2. The summed E-state index contributed by atoms with van der Waals surface area (Å²) in [6, 6.07) is 7.88. The summed E-state index contributed by atoms with van der Waals surface area (Å²) < 4.78 is 32.6. The van der Waals surface area contributed by atoms with Gasteiger partial charge >= 0.3 is 0 Å². The van der Waals surface area contributed by atoms with E-state index >= 15 is 0 Å². The Morgan fingerprint density at radius 2 is 1.97 bits per heavy atom. The van der Waals surface area contributed by atoms with E-state index in [1.807, 2.05) is 0 Å². The standard InChI is InChI=1S/C18H11F2N9O4/c19-11-3-6-13(20)10(7-11)8-22-24-18(30)14-15(9-1-4-12(5-2-9)29(31)32)28(27-23-14)17-16(21)25-33-26-17/h1-8H,(H2,21,25)(H,24,30). The van der Waals surface area contributed by atoms with E-state index in [0.29, 0.717) is 5.56 Å². The fourth-order valence-electron chi connectivity index (χ4n) is 2.75. The maximum absolute atomic E-state index is 13.7. The molecule has 0 aliphatic rings. The quantitative estimate of drug-likeness (QED) is 0.249. The van der Waals surface area contributed by atoms with Crippen molar-refractivity contribution in [3.8, 4) is 17.1 Å². The van der Waals surface area contributed by atoms with Crippen molar-refractivity contribution in [1.29, 1.82) is 0 Å². The first-order valence-electron chi connectivity index (χ1n) is 8.92. The first-order chi connectivity index (χ1) is 15.8. The van der Waals surface area contributed by atoms with Crippen LogP contribution in [0.15, 0.2) is 52.2 Å². The summed E-state index contributed by atoms with van der Waals surface area (Å²) in [6.45, 7) is 0. The number of nitro benzene ring substituents is 1. The monoisotopic (exact) mass is 455 g/mol. The minimum absolute atomic E-state index is 0.0388. The van der Waals surface area contributed by atoms with Crippen molar-refractivity contribution >= 4 is 23.6 Å². The van der Waals surface area contributed by atoms with E-state index in [-0.39, 0.29) is 34.3 Å². The lowest BCUT2D eigenvalue weighted by molar-refractivity contribution is -0.384. The van der Waals surface area contributed by atoms with E-state index < -0.39 is 22.5 Å². The Kier molecular flexibility index (Phi) is 5.50. The van der Waals surface area contributed by atoms with Gasteiger partial charge in [0.15, 0.2) is 5.69 Å². The second-order valence-electron chi connectivity index (χ2n) is 6.34. The molecule has 2 heterocycles. The topological polar surface area (TPSA) is 180 Å². The number of carbonyl (C=O) groups excluding carboxylic acids is 1. The third-order valence-electron chi connectivity index (χ3n) is 4.26. The van der Waals surface area contributed by atoms with Gasteiger partial charge in [-0.15, -0.1) is 5.10 Å². The van der Waals surface area contributed by atoms with Crippen LogP contribution in [-0.4, -0.2) is 42.4 Å². The molecule has 0 saturated heterocycles. The molecule has 4 aromatic rings. The van der Waals surface area contributed by atoms with Crippen molar-refractivity contribution in [3.63, 3.8) is 0 Å². The fraction of sp³-hybridized carbons (Fsp3) is 0. The van der Waals surface area contributed by atoms with Crippen LogP contribution in [0.25, 0.3) is 17.1 Å². The van der Waals surface area contributed by atoms with Gasteiger partial charge in [-0.25, -0.2) is 18.8 Å². The molecule has 0 spiro atoms. The van der Waals surface area contributed by atoms with Crippen molar-refractivity contribution in [1.82, 2.24) is 30.7 Å². The number of amides is 1. The Hall–Kier alpha value is -5.08. The van der Waals surface area contributed by atoms with E-state index in [1.165, 1.54) is 24.3 Å². The number of non-ortho nitro benzene ring substituents is 1. The highest BCUT2D eigenvalue weighted by atomic mass is 19.1. The molecule has 2 aromatic carbocycles. The van der Waals surface area contributed by atoms with E-state index in [1.54, 1.807) is 0 Å². The van der Waals surface area contributed by atoms with Gasteiger partial charge in [-0.3, -0.25) is 14.9 Å². The summed E-state index contributed by atoms with van der Waals surface area (Å²) in [7, 11) is 0. The third kappa shape index (κ3) is 4.22. The Bertz CT molecular complexity index is 1380. The van der Waals surface area contributed by atoms with Gasteiger partial charge in [-0.05, 0) is 40.6 Å². The maximum Gasteiger partial charge on any atom is 0.294 e. The number of nitrogen functional groups attached to an aromatic ring is 1. The number of hydrazone groups is 1. The number of hydrogen-bond donors (Lipinski definition) is 2. The van der Waals surface area contributed by atoms with Gasteiger partial charge in [0.05, 0.1) is 11.1 Å². The lowest BCUT2D eigenvalue weighted by Gasteiger charge is -2.05. The molecule has 33 heavy (non-hydrogen) atoms. The SMILES string of the molecule is Nc1nonc1-n1nnc(C(=O)NN=Cc2cc(F)ccc2F)c1-c1ccc([N+](=O)[O-])cc1. The number of rotatable bonds is 6. The van der Waals surface area contributed by atoms with Crippen LogP contribution in [0.3, 0.4) is 0 Å². The fourth-order valence-corrected chi connectivity index (χ4v) is 2.75. The van der Waals surface area contributed by atoms with E-state index in [0.717, 1.165) is 29.1 Å². The molecule has 1 amide bonds. The lowest BCUT2D eigenvalue weighted by Crippen LogP contribution is -2.19. The molecule has 0 unspecified atom stereocenters. The Balaban J connectivity index is 1.70. The lowest BCUT2D eigenvalue weighted by atomic mass is 10.1. The third-order valence-corrected chi connectivity index (χ3v) is 4.26. The highest BCUT2D eigenvalue weighted by molar-refractivity contribution is 5.98. The molecule has 15 heteroatoms. The predicted octanol–water partition coefficient (Wildman–Crippen LogP) is 1.85. The maximum atomic E-state index is 13.7. The van der Waals surface area contributed by atoms with Gasteiger partial charge in [0.1, 0.15) is 17.3 Å². The summed E-state index contributed by atoms with van der Waals surface area (Å²) in [6.07, 6.45) is 0.909. The van der Waals surface area contributed by atoms with Crippen molar-refractivity contribution in [2.75, 3.05) is 5.73 Å². The molecule has 2 aromatic heterocycles. The van der Waals surface area contributed by atoms with Crippen LogP contribution in [-0.2, 0) is 0 Å². The summed E-state index contributed by atoms with van der Waals surface area (Å²) in [5.41, 5.74) is 7.51. The number of halogens is 2. The normalized spacial score (nSPS) is 11.1. The number of nitrogens with two attached hydrogens (primary N) is 1. The molecule has 4 rings (SSSR count). The zero-order chi connectivity index (χ0) is 23.5. The van der Waals surface area contributed by atoms with Crippen LogP contribution < -0.4 is 11.2 Å². The van der Waals surface area contributed by atoms with Crippen molar-refractivity contribution in [2.24, 2.45) is 5.10 Å². The predicted molar refractivity (Wildman–Crippen MR) is 107 cm³/mol. The second kappa shape index (κ2) is 8.58. The Morgan fingerprint density at radius 1 is 1.21 bits per heavy atom. The molecule has 0 radical (unpaired) electrons. The molecule has 13 nitrogen and oxygen atoms in total. The van der Waals surface area contributed by atoms with Gasteiger partial charge in [-0.2, -0.15) is 9.78 Å². The summed E-state index contributed by atoms with van der Waals surface area (Å²) in [5.74, 6) is -2.56. The van der Waals surface area contributed by atoms with Gasteiger partial charge in [0.25, 0.3) is 11.6 Å².